The van der Waals surface area contributed by atoms with E-state index in [9.17, 15) is 5.11 Å². The molecule has 1 aromatic heterocycles. The predicted molar refractivity (Wildman–Crippen MR) is 88.9 cm³/mol. The second kappa shape index (κ2) is 5.59. The fourth-order valence-corrected chi connectivity index (χ4v) is 2.98. The number of aliphatic hydroxyl groups is 1. The molecule has 0 saturated carbocycles. The summed E-state index contributed by atoms with van der Waals surface area (Å²) in [5.41, 5.74) is 1.33. The van der Waals surface area contributed by atoms with Gasteiger partial charge in [-0.25, -0.2) is 4.98 Å². The molecule has 4 rings (SSSR count). The number of nitrogens with zero attached hydrogens (tertiary/aromatic N) is 2. The molecule has 0 amide bonds. The maximum absolute atomic E-state index is 11.3. The third-order valence-electron chi connectivity index (χ3n) is 3.78. The standard InChI is InChI=1S/C16H11ClN2O.C2H6/c17-12-7-5-11(6-8-12)16(20)14-4-2-1-3-13(14)15-18-9-10-19(15)16;1-2/h1-10,20H;1-2H3. The summed E-state index contributed by atoms with van der Waals surface area (Å²) in [6.07, 6.45) is 3.50. The first-order chi connectivity index (χ1) is 10.7. The molecule has 0 aliphatic carbocycles. The zero-order valence-corrected chi connectivity index (χ0v) is 13.2. The first kappa shape index (κ1) is 14.8. The van der Waals surface area contributed by atoms with Gasteiger partial charge in [0.1, 0.15) is 5.82 Å². The Bertz CT molecular complexity index is 795. The van der Waals surface area contributed by atoms with Crippen molar-refractivity contribution in [2.24, 2.45) is 0 Å². The lowest BCUT2D eigenvalue weighted by Crippen LogP contribution is -2.32. The fourth-order valence-electron chi connectivity index (χ4n) is 2.85. The van der Waals surface area contributed by atoms with Crippen molar-refractivity contribution in [3.05, 3.63) is 77.1 Å². The molecule has 0 fully saturated rings. The molecular weight excluding hydrogens is 296 g/mol. The maximum atomic E-state index is 11.3. The minimum Gasteiger partial charge on any atom is -0.363 e. The van der Waals surface area contributed by atoms with E-state index in [0.29, 0.717) is 5.02 Å². The number of aromatic nitrogens is 2. The van der Waals surface area contributed by atoms with Crippen molar-refractivity contribution >= 4 is 11.6 Å². The molecule has 0 saturated heterocycles. The van der Waals surface area contributed by atoms with Crippen LogP contribution in [0.3, 0.4) is 0 Å². The monoisotopic (exact) mass is 312 g/mol. The van der Waals surface area contributed by atoms with E-state index in [0.717, 1.165) is 22.5 Å². The van der Waals surface area contributed by atoms with Gasteiger partial charge < -0.3 is 5.11 Å². The van der Waals surface area contributed by atoms with E-state index in [1.165, 1.54) is 0 Å². The van der Waals surface area contributed by atoms with E-state index in [2.05, 4.69) is 4.98 Å². The third kappa shape index (κ3) is 1.97. The molecule has 1 N–H and O–H groups in total. The minimum atomic E-state index is -1.23. The molecule has 0 bridgehead atoms. The van der Waals surface area contributed by atoms with Gasteiger partial charge in [-0.15, -0.1) is 0 Å². The highest BCUT2D eigenvalue weighted by atomic mass is 35.5. The number of imidazole rings is 1. The van der Waals surface area contributed by atoms with Crippen LogP contribution in [0.4, 0.5) is 0 Å². The quantitative estimate of drug-likeness (QED) is 0.728. The van der Waals surface area contributed by atoms with E-state index in [4.69, 9.17) is 11.6 Å². The molecule has 0 radical (unpaired) electrons. The number of fused-ring (bicyclic) bond motifs is 3. The number of hydrogen-bond acceptors (Lipinski definition) is 2. The Morgan fingerprint density at radius 1 is 1.05 bits per heavy atom. The number of rotatable bonds is 1. The van der Waals surface area contributed by atoms with Crippen molar-refractivity contribution in [2.75, 3.05) is 0 Å². The molecule has 1 atom stereocenters. The van der Waals surface area contributed by atoms with Gasteiger partial charge in [-0.05, 0) is 12.1 Å². The van der Waals surface area contributed by atoms with Crippen molar-refractivity contribution in [1.29, 1.82) is 0 Å². The molecule has 2 heterocycles. The highest BCUT2D eigenvalue weighted by Crippen LogP contribution is 2.44. The highest BCUT2D eigenvalue weighted by molar-refractivity contribution is 6.30. The maximum Gasteiger partial charge on any atom is 0.197 e. The third-order valence-corrected chi connectivity index (χ3v) is 4.03. The van der Waals surface area contributed by atoms with Crippen LogP contribution in [0.2, 0.25) is 5.02 Å². The molecule has 1 unspecified atom stereocenters. The first-order valence-electron chi connectivity index (χ1n) is 7.33. The Kier molecular flexibility index (Phi) is 3.77. The Morgan fingerprint density at radius 3 is 2.45 bits per heavy atom. The summed E-state index contributed by atoms with van der Waals surface area (Å²) in [6.45, 7) is 4.00. The number of benzene rings is 2. The van der Waals surface area contributed by atoms with Gasteiger partial charge in [0.15, 0.2) is 5.72 Å². The van der Waals surface area contributed by atoms with Gasteiger partial charge in [0.05, 0.1) is 0 Å². The number of hydrogen-bond donors (Lipinski definition) is 1. The van der Waals surface area contributed by atoms with E-state index in [1.54, 1.807) is 29.1 Å². The van der Waals surface area contributed by atoms with Crippen LogP contribution < -0.4 is 0 Å². The lowest BCUT2D eigenvalue weighted by molar-refractivity contribution is 0.0572. The molecule has 3 nitrogen and oxygen atoms in total. The van der Waals surface area contributed by atoms with E-state index in [-0.39, 0.29) is 0 Å². The lowest BCUT2D eigenvalue weighted by Gasteiger charge is -2.27. The summed E-state index contributed by atoms with van der Waals surface area (Å²) in [4.78, 5) is 4.35. The largest absolute Gasteiger partial charge is 0.363 e. The normalized spacial score (nSPS) is 18.2. The summed E-state index contributed by atoms with van der Waals surface area (Å²) in [7, 11) is 0. The van der Waals surface area contributed by atoms with Crippen LogP contribution in [-0.2, 0) is 5.72 Å². The van der Waals surface area contributed by atoms with Crippen molar-refractivity contribution in [1.82, 2.24) is 9.55 Å². The van der Waals surface area contributed by atoms with Crippen LogP contribution in [0, 0.1) is 0 Å². The Hall–Kier alpha value is -2.10. The average molecular weight is 313 g/mol. The lowest BCUT2D eigenvalue weighted by atomic mass is 9.94. The molecular formula is C18H17ClN2O. The summed E-state index contributed by atoms with van der Waals surface area (Å²) >= 11 is 5.94. The Balaban J connectivity index is 0.000000693. The van der Waals surface area contributed by atoms with Crippen LogP contribution in [0.5, 0.6) is 0 Å². The van der Waals surface area contributed by atoms with Gasteiger partial charge in [-0.1, -0.05) is 61.8 Å². The summed E-state index contributed by atoms with van der Waals surface area (Å²) in [6, 6.07) is 15.0. The van der Waals surface area contributed by atoms with Crippen LogP contribution in [0.25, 0.3) is 11.4 Å². The van der Waals surface area contributed by atoms with Crippen LogP contribution in [0.15, 0.2) is 60.9 Å². The van der Waals surface area contributed by atoms with Gasteiger partial charge in [-0.3, -0.25) is 4.57 Å². The topological polar surface area (TPSA) is 38.1 Å². The molecule has 4 heteroatoms. The summed E-state index contributed by atoms with van der Waals surface area (Å²) in [5, 5.41) is 12.0. The van der Waals surface area contributed by atoms with Gasteiger partial charge in [0.25, 0.3) is 0 Å². The highest BCUT2D eigenvalue weighted by Gasteiger charge is 2.43. The molecule has 0 spiro atoms. The molecule has 3 aromatic rings. The molecule has 112 valence electrons. The summed E-state index contributed by atoms with van der Waals surface area (Å²) < 4.78 is 1.79. The molecule has 1 aliphatic rings. The van der Waals surface area contributed by atoms with E-state index >= 15 is 0 Å². The Labute approximate surface area is 134 Å². The summed E-state index contributed by atoms with van der Waals surface area (Å²) in [5.74, 6) is 0.776. The second-order valence-electron chi connectivity index (χ2n) is 4.85. The molecule has 2 aromatic carbocycles. The van der Waals surface area contributed by atoms with Crippen molar-refractivity contribution < 1.29 is 5.11 Å². The van der Waals surface area contributed by atoms with E-state index in [1.807, 2.05) is 50.2 Å². The minimum absolute atomic E-state index is 0.648. The fraction of sp³-hybridized carbons (Fsp3) is 0.167. The second-order valence-corrected chi connectivity index (χ2v) is 5.28. The van der Waals surface area contributed by atoms with Gasteiger partial charge in [0, 0.05) is 34.1 Å². The van der Waals surface area contributed by atoms with Crippen molar-refractivity contribution in [3.63, 3.8) is 0 Å². The van der Waals surface area contributed by atoms with Gasteiger partial charge >= 0.3 is 0 Å². The number of halogens is 1. The average Bonchev–Trinajstić information content (AvgIpc) is 3.14. The van der Waals surface area contributed by atoms with Crippen LogP contribution >= 0.6 is 11.6 Å². The molecule has 22 heavy (non-hydrogen) atoms. The Morgan fingerprint density at radius 2 is 1.73 bits per heavy atom. The van der Waals surface area contributed by atoms with E-state index < -0.39 is 5.72 Å². The van der Waals surface area contributed by atoms with Crippen molar-refractivity contribution in [2.45, 2.75) is 19.6 Å². The zero-order chi connectivity index (χ0) is 15.7. The smallest absolute Gasteiger partial charge is 0.197 e. The van der Waals surface area contributed by atoms with Gasteiger partial charge in [0.2, 0.25) is 0 Å². The first-order valence-corrected chi connectivity index (χ1v) is 7.71. The predicted octanol–water partition coefficient (Wildman–Crippen LogP) is 4.28. The zero-order valence-electron chi connectivity index (χ0n) is 12.5. The SMILES string of the molecule is CC.OC1(c2ccc(Cl)cc2)c2ccccc2-c2nccn21. The van der Waals surface area contributed by atoms with Gasteiger partial charge in [-0.2, -0.15) is 0 Å². The van der Waals surface area contributed by atoms with Crippen LogP contribution in [-0.4, -0.2) is 14.7 Å². The molecule has 1 aliphatic heterocycles. The van der Waals surface area contributed by atoms with Crippen LogP contribution in [0.1, 0.15) is 25.0 Å². The van der Waals surface area contributed by atoms with Crippen molar-refractivity contribution in [3.8, 4) is 11.4 Å².